The predicted octanol–water partition coefficient (Wildman–Crippen LogP) is 5.67. The number of carbonyl (C=O) groups is 2. The first-order valence-electron chi connectivity index (χ1n) is 11.7. The summed E-state index contributed by atoms with van der Waals surface area (Å²) in [6, 6.07) is 14.2. The summed E-state index contributed by atoms with van der Waals surface area (Å²) in [4.78, 5) is 33.9. The van der Waals surface area contributed by atoms with Crippen LogP contribution in [-0.2, 0) is 4.74 Å². The first-order valence-corrected chi connectivity index (χ1v) is 12.5. The molecule has 1 saturated heterocycles. The van der Waals surface area contributed by atoms with Gasteiger partial charge in [-0.15, -0.1) is 0 Å². The molecule has 4 rings (SSSR count). The number of piperidine rings is 1. The molecular formula is C26H31N3O3S. The molecule has 6 nitrogen and oxygen atoms in total. The van der Waals surface area contributed by atoms with Gasteiger partial charge in [0.15, 0.2) is 0 Å². The van der Waals surface area contributed by atoms with Crippen LogP contribution in [0.4, 0.5) is 10.5 Å². The smallest absolute Gasteiger partial charge is 0.409 e. The van der Waals surface area contributed by atoms with Gasteiger partial charge in [0.1, 0.15) is 0 Å². The highest BCUT2D eigenvalue weighted by Crippen LogP contribution is 2.41. The third-order valence-electron chi connectivity index (χ3n) is 5.85. The number of nitrogens with zero attached hydrogens (tertiary/aromatic N) is 2. The van der Waals surface area contributed by atoms with Gasteiger partial charge >= 0.3 is 6.09 Å². The number of carbonyl (C=O) groups excluding carboxylic acids is 2. The van der Waals surface area contributed by atoms with Crippen LogP contribution in [-0.4, -0.2) is 48.4 Å². The summed E-state index contributed by atoms with van der Waals surface area (Å²) >= 11 is 1.70. The van der Waals surface area contributed by atoms with Crippen LogP contribution in [0.5, 0.6) is 0 Å². The van der Waals surface area contributed by atoms with Gasteiger partial charge in [-0.1, -0.05) is 43.8 Å². The molecule has 2 aliphatic heterocycles. The maximum Gasteiger partial charge on any atom is 0.409 e. The molecule has 7 heteroatoms. The molecule has 0 radical (unpaired) electrons. The van der Waals surface area contributed by atoms with Crippen molar-refractivity contribution in [1.82, 2.24) is 10.2 Å². The van der Waals surface area contributed by atoms with Gasteiger partial charge in [0.2, 0.25) is 0 Å². The Bertz CT molecular complexity index is 1060. The Hall–Kier alpha value is -2.80. The Labute approximate surface area is 199 Å². The maximum absolute atomic E-state index is 13.0. The fourth-order valence-electron chi connectivity index (χ4n) is 4.18. The zero-order valence-electron chi connectivity index (χ0n) is 19.5. The van der Waals surface area contributed by atoms with Crippen LogP contribution in [0.25, 0.3) is 0 Å². The van der Waals surface area contributed by atoms with Crippen molar-refractivity contribution in [2.45, 2.75) is 55.9 Å². The molecule has 1 N–H and O–H groups in total. The monoisotopic (exact) mass is 465 g/mol. The average molecular weight is 466 g/mol. The molecule has 174 valence electrons. The SMILES string of the molecule is CCOC(=O)N1CCC(NC(=O)c2ccc3c(c2)N=C(CC(C)C)c2ccccc2S3)CC1. The molecule has 2 aliphatic rings. The third kappa shape index (κ3) is 5.58. The minimum atomic E-state index is -0.276. The van der Waals surface area contributed by atoms with E-state index in [1.165, 1.54) is 10.5 Å². The lowest BCUT2D eigenvalue weighted by atomic mass is 10.00. The number of hydrogen-bond acceptors (Lipinski definition) is 5. The van der Waals surface area contributed by atoms with E-state index in [1.54, 1.807) is 23.6 Å². The summed E-state index contributed by atoms with van der Waals surface area (Å²) < 4.78 is 5.07. The van der Waals surface area contributed by atoms with Gasteiger partial charge in [-0.2, -0.15) is 0 Å². The Kier molecular flexibility index (Phi) is 7.38. The van der Waals surface area contributed by atoms with E-state index in [9.17, 15) is 9.59 Å². The van der Waals surface area contributed by atoms with Gasteiger partial charge in [-0.3, -0.25) is 9.79 Å². The van der Waals surface area contributed by atoms with Gasteiger partial charge in [-0.05, 0) is 56.4 Å². The lowest BCUT2D eigenvalue weighted by Gasteiger charge is -2.31. The van der Waals surface area contributed by atoms with E-state index in [0.29, 0.717) is 31.2 Å². The van der Waals surface area contributed by atoms with Crippen molar-refractivity contribution in [3.05, 3.63) is 53.6 Å². The van der Waals surface area contributed by atoms with E-state index in [1.807, 2.05) is 18.2 Å². The lowest BCUT2D eigenvalue weighted by molar-refractivity contribution is 0.0860. The Balaban J connectivity index is 1.49. The van der Waals surface area contributed by atoms with Crippen LogP contribution in [0.3, 0.4) is 0 Å². The molecule has 2 aromatic rings. The summed E-state index contributed by atoms with van der Waals surface area (Å²) in [6.07, 6.45) is 2.04. The molecule has 33 heavy (non-hydrogen) atoms. The molecule has 0 aromatic heterocycles. The standard InChI is InChI=1S/C26H31N3O3S/c1-4-32-26(31)29-13-11-19(12-14-29)27-25(30)18-9-10-24-22(16-18)28-21(15-17(2)3)20-7-5-6-8-23(20)33-24/h5-10,16-17,19H,4,11-15H2,1-3H3,(H,27,30). The Morgan fingerprint density at radius 1 is 1.15 bits per heavy atom. The zero-order valence-corrected chi connectivity index (χ0v) is 20.3. The molecule has 2 amide bonds. The highest BCUT2D eigenvalue weighted by molar-refractivity contribution is 7.99. The van der Waals surface area contributed by atoms with E-state index in [0.717, 1.165) is 35.6 Å². The van der Waals surface area contributed by atoms with Crippen LogP contribution >= 0.6 is 11.8 Å². The molecule has 0 saturated carbocycles. The average Bonchev–Trinajstić information content (AvgIpc) is 2.95. The molecular weight excluding hydrogens is 434 g/mol. The number of fused-ring (bicyclic) bond motifs is 2. The Morgan fingerprint density at radius 3 is 2.64 bits per heavy atom. The van der Waals surface area contributed by atoms with Gasteiger partial charge in [0.25, 0.3) is 5.91 Å². The van der Waals surface area contributed by atoms with Crippen molar-refractivity contribution in [2.24, 2.45) is 10.9 Å². The quantitative estimate of drug-likeness (QED) is 0.618. The summed E-state index contributed by atoms with van der Waals surface area (Å²) in [7, 11) is 0. The van der Waals surface area contributed by atoms with Crippen molar-refractivity contribution in [2.75, 3.05) is 19.7 Å². The van der Waals surface area contributed by atoms with Crippen molar-refractivity contribution in [1.29, 1.82) is 0 Å². The lowest BCUT2D eigenvalue weighted by Crippen LogP contribution is -2.46. The van der Waals surface area contributed by atoms with E-state index < -0.39 is 0 Å². The number of hydrogen-bond donors (Lipinski definition) is 1. The summed E-state index contributed by atoms with van der Waals surface area (Å²) in [5, 5.41) is 3.14. The zero-order chi connectivity index (χ0) is 23.4. The molecule has 2 aromatic carbocycles. The Morgan fingerprint density at radius 2 is 1.91 bits per heavy atom. The third-order valence-corrected chi connectivity index (χ3v) is 6.99. The first kappa shape index (κ1) is 23.4. The van der Waals surface area contributed by atoms with Gasteiger partial charge in [-0.25, -0.2) is 4.79 Å². The number of rotatable bonds is 5. The number of nitrogens with one attached hydrogen (secondary N) is 1. The molecule has 0 atom stereocenters. The van der Waals surface area contributed by atoms with Crippen LogP contribution in [0.2, 0.25) is 0 Å². The minimum Gasteiger partial charge on any atom is -0.450 e. The molecule has 1 fully saturated rings. The molecule has 0 bridgehead atoms. The van der Waals surface area contributed by atoms with Gasteiger partial charge < -0.3 is 15.0 Å². The summed E-state index contributed by atoms with van der Waals surface area (Å²) in [6.45, 7) is 7.75. The second kappa shape index (κ2) is 10.4. The predicted molar refractivity (Wildman–Crippen MR) is 132 cm³/mol. The van der Waals surface area contributed by atoms with Crippen LogP contribution in [0, 0.1) is 5.92 Å². The summed E-state index contributed by atoms with van der Waals surface area (Å²) in [5.41, 5.74) is 3.69. The van der Waals surface area contributed by atoms with Gasteiger partial charge in [0.05, 0.1) is 12.3 Å². The molecule has 0 unspecified atom stereocenters. The largest absolute Gasteiger partial charge is 0.450 e. The van der Waals surface area contributed by atoms with E-state index in [-0.39, 0.29) is 18.0 Å². The fraction of sp³-hybridized carbons (Fsp3) is 0.423. The van der Waals surface area contributed by atoms with Crippen LogP contribution in [0.1, 0.15) is 56.0 Å². The second-order valence-corrected chi connectivity index (χ2v) is 9.95. The number of aliphatic imine (C=N–C) groups is 1. The van der Waals surface area contributed by atoms with E-state index in [2.05, 4.69) is 43.4 Å². The number of benzene rings is 2. The normalized spacial score (nSPS) is 15.9. The second-order valence-electron chi connectivity index (χ2n) is 8.87. The molecule has 2 heterocycles. The maximum atomic E-state index is 13.0. The first-order chi connectivity index (χ1) is 15.9. The van der Waals surface area contributed by atoms with Crippen LogP contribution in [0.15, 0.2) is 57.2 Å². The van der Waals surface area contributed by atoms with Crippen molar-refractivity contribution >= 4 is 35.2 Å². The highest BCUT2D eigenvalue weighted by Gasteiger charge is 2.25. The fourth-order valence-corrected chi connectivity index (χ4v) is 5.21. The molecule has 0 spiro atoms. The number of likely N-dealkylation sites (tertiary alicyclic amines) is 1. The van der Waals surface area contributed by atoms with Crippen molar-refractivity contribution < 1.29 is 14.3 Å². The van der Waals surface area contributed by atoms with Gasteiger partial charge in [0, 0.05) is 45.8 Å². The number of ether oxygens (including phenoxy) is 1. The number of amides is 2. The van der Waals surface area contributed by atoms with Crippen molar-refractivity contribution in [3.8, 4) is 0 Å². The van der Waals surface area contributed by atoms with E-state index >= 15 is 0 Å². The minimum absolute atomic E-state index is 0.0422. The van der Waals surface area contributed by atoms with Crippen molar-refractivity contribution in [3.63, 3.8) is 0 Å². The topological polar surface area (TPSA) is 71.0 Å². The summed E-state index contributed by atoms with van der Waals surface area (Å²) in [5.74, 6) is 0.384. The molecule has 0 aliphatic carbocycles. The highest BCUT2D eigenvalue weighted by atomic mass is 32.2. The van der Waals surface area contributed by atoms with E-state index in [4.69, 9.17) is 9.73 Å². The van der Waals surface area contributed by atoms with Crippen LogP contribution < -0.4 is 5.32 Å².